The SMILES string of the molecule is CCOc1cc(N2CC3CCC(NC(=O)COC)CC3C2)ncn1. The first kappa shape index (κ1) is 17.0. The van der Waals surface area contributed by atoms with E-state index in [4.69, 9.17) is 9.47 Å². The Morgan fingerprint density at radius 1 is 1.33 bits per heavy atom. The third-order valence-electron chi connectivity index (χ3n) is 4.93. The summed E-state index contributed by atoms with van der Waals surface area (Å²) in [5.74, 6) is 2.81. The van der Waals surface area contributed by atoms with Gasteiger partial charge in [-0.05, 0) is 38.0 Å². The molecule has 24 heavy (non-hydrogen) atoms. The van der Waals surface area contributed by atoms with Crippen molar-refractivity contribution in [1.82, 2.24) is 15.3 Å². The number of hydrogen-bond donors (Lipinski definition) is 1. The molecule has 1 aliphatic heterocycles. The van der Waals surface area contributed by atoms with E-state index in [0.717, 1.165) is 38.2 Å². The number of hydrogen-bond acceptors (Lipinski definition) is 6. The van der Waals surface area contributed by atoms with Crippen LogP contribution in [-0.4, -0.2) is 55.3 Å². The van der Waals surface area contributed by atoms with Crippen LogP contribution in [0.5, 0.6) is 5.88 Å². The van der Waals surface area contributed by atoms with Crippen LogP contribution < -0.4 is 15.0 Å². The molecule has 0 radical (unpaired) electrons. The van der Waals surface area contributed by atoms with Gasteiger partial charge < -0.3 is 19.7 Å². The van der Waals surface area contributed by atoms with E-state index in [9.17, 15) is 4.79 Å². The minimum Gasteiger partial charge on any atom is -0.478 e. The Morgan fingerprint density at radius 3 is 2.96 bits per heavy atom. The molecule has 132 valence electrons. The molecule has 1 N–H and O–H groups in total. The van der Waals surface area contributed by atoms with Crippen LogP contribution >= 0.6 is 0 Å². The van der Waals surface area contributed by atoms with Crippen molar-refractivity contribution >= 4 is 11.7 Å². The van der Waals surface area contributed by atoms with E-state index in [1.165, 1.54) is 0 Å². The summed E-state index contributed by atoms with van der Waals surface area (Å²) < 4.78 is 10.4. The molecule has 1 aromatic rings. The van der Waals surface area contributed by atoms with Crippen LogP contribution in [0.1, 0.15) is 26.2 Å². The summed E-state index contributed by atoms with van der Waals surface area (Å²) in [6.45, 7) is 4.68. The van der Waals surface area contributed by atoms with Crippen molar-refractivity contribution in [2.24, 2.45) is 11.8 Å². The Bertz CT molecular complexity index is 569. The van der Waals surface area contributed by atoms with E-state index in [-0.39, 0.29) is 18.6 Å². The number of nitrogens with zero attached hydrogens (tertiary/aromatic N) is 3. The minimum atomic E-state index is -0.0204. The maximum Gasteiger partial charge on any atom is 0.246 e. The van der Waals surface area contributed by atoms with Crippen molar-refractivity contribution in [3.05, 3.63) is 12.4 Å². The smallest absolute Gasteiger partial charge is 0.246 e. The van der Waals surface area contributed by atoms with Crippen molar-refractivity contribution in [2.45, 2.75) is 32.2 Å². The highest BCUT2D eigenvalue weighted by Gasteiger charge is 2.38. The van der Waals surface area contributed by atoms with Gasteiger partial charge in [-0.25, -0.2) is 9.97 Å². The Labute approximate surface area is 142 Å². The van der Waals surface area contributed by atoms with Crippen LogP contribution in [0, 0.1) is 11.8 Å². The number of anilines is 1. The fourth-order valence-corrected chi connectivity index (χ4v) is 3.88. The maximum absolute atomic E-state index is 11.7. The fraction of sp³-hybridized carbons (Fsp3) is 0.706. The summed E-state index contributed by atoms with van der Waals surface area (Å²) in [5.41, 5.74) is 0. The van der Waals surface area contributed by atoms with E-state index in [0.29, 0.717) is 24.3 Å². The highest BCUT2D eigenvalue weighted by atomic mass is 16.5. The van der Waals surface area contributed by atoms with E-state index >= 15 is 0 Å². The highest BCUT2D eigenvalue weighted by Crippen LogP contribution is 2.38. The lowest BCUT2D eigenvalue weighted by Gasteiger charge is -2.31. The lowest BCUT2D eigenvalue weighted by Crippen LogP contribution is -2.42. The molecule has 7 nitrogen and oxygen atoms in total. The van der Waals surface area contributed by atoms with Gasteiger partial charge in [0, 0.05) is 32.3 Å². The normalized spacial score (nSPS) is 26.1. The van der Waals surface area contributed by atoms with E-state index < -0.39 is 0 Å². The van der Waals surface area contributed by atoms with Gasteiger partial charge in [-0.15, -0.1) is 0 Å². The molecule has 1 aromatic heterocycles. The molecule has 1 saturated heterocycles. The molecule has 3 rings (SSSR count). The third-order valence-corrected chi connectivity index (χ3v) is 4.93. The second kappa shape index (κ2) is 7.79. The van der Waals surface area contributed by atoms with Gasteiger partial charge in [-0.1, -0.05) is 0 Å². The zero-order valence-electron chi connectivity index (χ0n) is 14.4. The van der Waals surface area contributed by atoms with E-state index in [2.05, 4.69) is 20.2 Å². The fourth-order valence-electron chi connectivity index (χ4n) is 3.88. The second-order valence-electron chi connectivity index (χ2n) is 6.58. The number of aromatic nitrogens is 2. The van der Waals surface area contributed by atoms with Gasteiger partial charge in [0.05, 0.1) is 6.61 Å². The zero-order valence-corrected chi connectivity index (χ0v) is 14.4. The van der Waals surface area contributed by atoms with Gasteiger partial charge in [0.15, 0.2) is 0 Å². The van der Waals surface area contributed by atoms with Crippen LogP contribution in [0.4, 0.5) is 5.82 Å². The first-order valence-electron chi connectivity index (χ1n) is 8.67. The molecule has 2 heterocycles. The predicted molar refractivity (Wildman–Crippen MR) is 90.1 cm³/mol. The largest absolute Gasteiger partial charge is 0.478 e. The number of methoxy groups -OCH3 is 1. The average Bonchev–Trinajstić information content (AvgIpc) is 2.99. The monoisotopic (exact) mass is 334 g/mol. The first-order valence-corrected chi connectivity index (χ1v) is 8.67. The molecule has 0 aromatic carbocycles. The summed E-state index contributed by atoms with van der Waals surface area (Å²) in [5, 5.41) is 3.08. The highest BCUT2D eigenvalue weighted by molar-refractivity contribution is 5.77. The number of carbonyl (C=O) groups excluding carboxylic acids is 1. The maximum atomic E-state index is 11.7. The molecular formula is C17H26N4O3. The average molecular weight is 334 g/mol. The van der Waals surface area contributed by atoms with Gasteiger partial charge in [-0.2, -0.15) is 0 Å². The molecule has 3 unspecified atom stereocenters. The van der Waals surface area contributed by atoms with Gasteiger partial charge >= 0.3 is 0 Å². The quantitative estimate of drug-likeness (QED) is 0.843. The van der Waals surface area contributed by atoms with Crippen molar-refractivity contribution < 1.29 is 14.3 Å². The summed E-state index contributed by atoms with van der Waals surface area (Å²) in [6, 6.07) is 2.18. The second-order valence-corrected chi connectivity index (χ2v) is 6.58. The molecule has 1 aliphatic carbocycles. The lowest BCUT2D eigenvalue weighted by molar-refractivity contribution is -0.125. The zero-order chi connectivity index (χ0) is 16.9. The molecule has 2 fully saturated rings. The molecule has 1 saturated carbocycles. The molecule has 3 atom stereocenters. The first-order chi connectivity index (χ1) is 11.7. The number of rotatable bonds is 6. The van der Waals surface area contributed by atoms with E-state index in [1.807, 2.05) is 13.0 Å². The van der Waals surface area contributed by atoms with Crippen LogP contribution in [0.25, 0.3) is 0 Å². The number of nitrogens with one attached hydrogen (secondary N) is 1. The number of carbonyl (C=O) groups is 1. The van der Waals surface area contributed by atoms with E-state index in [1.54, 1.807) is 13.4 Å². The Kier molecular flexibility index (Phi) is 5.50. The van der Waals surface area contributed by atoms with Crippen LogP contribution in [0.3, 0.4) is 0 Å². The molecule has 0 spiro atoms. The third kappa shape index (κ3) is 3.95. The molecule has 2 aliphatic rings. The minimum absolute atomic E-state index is 0.0204. The molecule has 7 heteroatoms. The number of ether oxygens (including phenoxy) is 2. The molecule has 0 bridgehead atoms. The Balaban J connectivity index is 1.58. The Hall–Kier alpha value is -1.89. The van der Waals surface area contributed by atoms with Gasteiger partial charge in [0.2, 0.25) is 11.8 Å². The molecular weight excluding hydrogens is 308 g/mol. The van der Waals surface area contributed by atoms with Crippen molar-refractivity contribution in [3.8, 4) is 5.88 Å². The van der Waals surface area contributed by atoms with Crippen LogP contribution in [0.2, 0.25) is 0 Å². The number of amides is 1. The summed E-state index contributed by atoms with van der Waals surface area (Å²) >= 11 is 0. The van der Waals surface area contributed by atoms with Gasteiger partial charge in [0.1, 0.15) is 18.8 Å². The van der Waals surface area contributed by atoms with Crippen LogP contribution in [0.15, 0.2) is 12.4 Å². The topological polar surface area (TPSA) is 76.6 Å². The summed E-state index contributed by atoms with van der Waals surface area (Å²) in [6.07, 6.45) is 4.77. The predicted octanol–water partition coefficient (Wildman–Crippen LogP) is 1.24. The van der Waals surface area contributed by atoms with Crippen molar-refractivity contribution in [1.29, 1.82) is 0 Å². The Morgan fingerprint density at radius 2 is 2.17 bits per heavy atom. The lowest BCUT2D eigenvalue weighted by atomic mass is 9.79. The van der Waals surface area contributed by atoms with Gasteiger partial charge in [-0.3, -0.25) is 4.79 Å². The summed E-state index contributed by atoms with van der Waals surface area (Å²) in [7, 11) is 1.55. The van der Waals surface area contributed by atoms with Crippen molar-refractivity contribution in [2.75, 3.05) is 38.3 Å². The standard InChI is InChI=1S/C17H26N4O3/c1-3-24-17-7-15(18-11-19-17)21-8-12-4-5-14(6-13(12)9-21)20-16(22)10-23-2/h7,11-14H,3-6,8-10H2,1-2H3,(H,20,22). The summed E-state index contributed by atoms with van der Waals surface area (Å²) in [4.78, 5) is 22.6. The number of fused-ring (bicyclic) bond motifs is 1. The van der Waals surface area contributed by atoms with Crippen LogP contribution in [-0.2, 0) is 9.53 Å². The van der Waals surface area contributed by atoms with Crippen molar-refractivity contribution in [3.63, 3.8) is 0 Å². The molecule has 1 amide bonds. The van der Waals surface area contributed by atoms with Gasteiger partial charge in [0.25, 0.3) is 0 Å².